The van der Waals surface area contributed by atoms with Gasteiger partial charge in [0.25, 0.3) is 0 Å². The number of ketones is 1. The average Bonchev–Trinajstić information content (AvgIpc) is 3.17. The Morgan fingerprint density at radius 2 is 1.85 bits per heavy atom. The lowest BCUT2D eigenvalue weighted by Crippen LogP contribution is -2.62. The van der Waals surface area contributed by atoms with Gasteiger partial charge < -0.3 is 20.9 Å². The van der Waals surface area contributed by atoms with Crippen LogP contribution in [0.2, 0.25) is 0 Å². The highest BCUT2D eigenvalue weighted by Gasteiger charge is 2.47. The van der Waals surface area contributed by atoms with Gasteiger partial charge in [-0.3, -0.25) is 14.4 Å². The van der Waals surface area contributed by atoms with Crippen molar-refractivity contribution in [2.75, 3.05) is 36.4 Å². The number of carbonyl (C=O) groups excluding carboxylic acids is 3. The molecule has 3 atom stereocenters. The molecule has 138 valence electrons. The summed E-state index contributed by atoms with van der Waals surface area (Å²) in [6.07, 6.45) is 3.12. The fraction of sp³-hybridized carbons (Fsp3) is 0.526. The van der Waals surface area contributed by atoms with E-state index < -0.39 is 17.7 Å². The van der Waals surface area contributed by atoms with E-state index in [0.29, 0.717) is 18.7 Å². The van der Waals surface area contributed by atoms with Crippen molar-refractivity contribution in [3.8, 4) is 0 Å². The molecule has 7 heteroatoms. The second-order valence-electron chi connectivity index (χ2n) is 7.28. The maximum absolute atomic E-state index is 12.7. The van der Waals surface area contributed by atoms with E-state index in [1.54, 1.807) is 0 Å². The summed E-state index contributed by atoms with van der Waals surface area (Å²) >= 11 is 0. The lowest BCUT2D eigenvalue weighted by Gasteiger charge is -2.37. The zero-order chi connectivity index (χ0) is 18.1. The predicted molar refractivity (Wildman–Crippen MR) is 97.9 cm³/mol. The predicted octanol–water partition coefficient (Wildman–Crippen LogP) is 0.519. The Bertz CT molecular complexity index is 712. The second kappa shape index (κ2) is 7.07. The zero-order valence-corrected chi connectivity index (χ0v) is 14.7. The van der Waals surface area contributed by atoms with E-state index in [9.17, 15) is 14.4 Å². The number of rotatable bonds is 3. The summed E-state index contributed by atoms with van der Waals surface area (Å²) in [5.74, 6) is -2.91. The van der Waals surface area contributed by atoms with E-state index in [2.05, 4.69) is 20.9 Å². The molecule has 0 spiro atoms. The Balaban J connectivity index is 1.43. The van der Waals surface area contributed by atoms with E-state index in [0.717, 1.165) is 25.3 Å². The van der Waals surface area contributed by atoms with Gasteiger partial charge in [-0.1, -0.05) is 0 Å². The van der Waals surface area contributed by atoms with Crippen molar-refractivity contribution >= 4 is 29.0 Å². The molecule has 1 aromatic rings. The Kier molecular flexibility index (Phi) is 4.63. The molecule has 7 nitrogen and oxygen atoms in total. The second-order valence-corrected chi connectivity index (χ2v) is 7.28. The molecule has 3 fully saturated rings. The third kappa shape index (κ3) is 3.19. The van der Waals surface area contributed by atoms with E-state index in [1.807, 2.05) is 24.3 Å². The first-order chi connectivity index (χ1) is 12.6. The number of benzene rings is 1. The molecule has 3 unspecified atom stereocenters. The molecule has 4 rings (SSSR count). The molecule has 3 aliphatic heterocycles. The van der Waals surface area contributed by atoms with Crippen LogP contribution in [-0.4, -0.2) is 49.8 Å². The van der Waals surface area contributed by atoms with Crippen molar-refractivity contribution in [3.05, 3.63) is 24.3 Å². The number of piperidine rings is 2. The van der Waals surface area contributed by atoms with Crippen LogP contribution < -0.4 is 20.9 Å². The summed E-state index contributed by atoms with van der Waals surface area (Å²) in [6.45, 7) is 3.39. The quantitative estimate of drug-likeness (QED) is 0.687. The van der Waals surface area contributed by atoms with Crippen LogP contribution in [-0.2, 0) is 14.4 Å². The van der Waals surface area contributed by atoms with E-state index >= 15 is 0 Å². The zero-order valence-electron chi connectivity index (χ0n) is 14.7. The van der Waals surface area contributed by atoms with E-state index in [-0.39, 0.29) is 17.7 Å². The number of anilines is 2. The molecule has 26 heavy (non-hydrogen) atoms. The molecule has 2 amide bonds. The SMILES string of the molecule is O=C(Nc1ccc(N2CCCC2)cc1)C1C(=O)NC2CCNCC2C1=O. The van der Waals surface area contributed by atoms with Crippen molar-refractivity contribution in [3.63, 3.8) is 0 Å². The molecule has 0 radical (unpaired) electrons. The number of Topliss-reactive ketones (excluding diaryl/α,β-unsaturated/α-hetero) is 1. The molecule has 0 bridgehead atoms. The normalized spacial score (nSPS) is 28.5. The number of fused-ring (bicyclic) bond motifs is 1. The van der Waals surface area contributed by atoms with Crippen molar-refractivity contribution < 1.29 is 14.4 Å². The Labute approximate surface area is 152 Å². The number of nitrogens with zero attached hydrogens (tertiary/aromatic N) is 1. The van der Waals surface area contributed by atoms with Gasteiger partial charge in [0.15, 0.2) is 11.7 Å². The monoisotopic (exact) mass is 356 g/mol. The van der Waals surface area contributed by atoms with Gasteiger partial charge in [0, 0.05) is 37.1 Å². The van der Waals surface area contributed by atoms with Crippen LogP contribution in [0.25, 0.3) is 0 Å². The highest BCUT2D eigenvalue weighted by Crippen LogP contribution is 2.25. The van der Waals surface area contributed by atoms with Gasteiger partial charge in [0.05, 0.1) is 5.92 Å². The highest BCUT2D eigenvalue weighted by molar-refractivity contribution is 6.23. The van der Waals surface area contributed by atoms with Crippen LogP contribution in [0.5, 0.6) is 0 Å². The number of carbonyl (C=O) groups is 3. The Morgan fingerprint density at radius 1 is 1.12 bits per heavy atom. The number of nitrogens with one attached hydrogen (secondary N) is 3. The largest absolute Gasteiger partial charge is 0.372 e. The molecule has 0 saturated carbocycles. The van der Waals surface area contributed by atoms with Crippen LogP contribution >= 0.6 is 0 Å². The third-order valence-corrected chi connectivity index (χ3v) is 5.59. The van der Waals surface area contributed by atoms with Gasteiger partial charge in [-0.25, -0.2) is 0 Å². The molecular formula is C19H24N4O3. The van der Waals surface area contributed by atoms with Gasteiger partial charge in [-0.05, 0) is 50.1 Å². The third-order valence-electron chi connectivity index (χ3n) is 5.59. The maximum Gasteiger partial charge on any atom is 0.244 e. The molecule has 1 aromatic carbocycles. The number of hydrogen-bond donors (Lipinski definition) is 3. The van der Waals surface area contributed by atoms with Crippen LogP contribution in [0.15, 0.2) is 24.3 Å². The summed E-state index contributed by atoms with van der Waals surface area (Å²) in [5, 5.41) is 8.73. The summed E-state index contributed by atoms with van der Waals surface area (Å²) in [5.41, 5.74) is 1.73. The van der Waals surface area contributed by atoms with Crippen LogP contribution in [0.1, 0.15) is 19.3 Å². The van der Waals surface area contributed by atoms with Gasteiger partial charge in [-0.15, -0.1) is 0 Å². The first-order valence-corrected chi connectivity index (χ1v) is 9.34. The summed E-state index contributed by atoms with van der Waals surface area (Å²) < 4.78 is 0. The van der Waals surface area contributed by atoms with Gasteiger partial charge >= 0.3 is 0 Å². The number of hydrogen-bond acceptors (Lipinski definition) is 5. The molecule has 0 aliphatic carbocycles. The highest BCUT2D eigenvalue weighted by atomic mass is 16.2. The molecule has 3 heterocycles. The lowest BCUT2D eigenvalue weighted by molar-refractivity contribution is -0.146. The fourth-order valence-electron chi connectivity index (χ4n) is 4.13. The fourth-order valence-corrected chi connectivity index (χ4v) is 4.13. The maximum atomic E-state index is 12.7. The Hall–Kier alpha value is -2.41. The molecule has 3 aliphatic rings. The first kappa shape index (κ1) is 17.0. The van der Waals surface area contributed by atoms with Gasteiger partial charge in [-0.2, -0.15) is 0 Å². The molecule has 3 saturated heterocycles. The van der Waals surface area contributed by atoms with Crippen molar-refractivity contribution in [1.82, 2.24) is 10.6 Å². The van der Waals surface area contributed by atoms with Crippen LogP contribution in [0, 0.1) is 11.8 Å². The van der Waals surface area contributed by atoms with Crippen molar-refractivity contribution in [1.29, 1.82) is 0 Å². The first-order valence-electron chi connectivity index (χ1n) is 9.34. The van der Waals surface area contributed by atoms with Crippen molar-refractivity contribution in [2.24, 2.45) is 11.8 Å². The smallest absolute Gasteiger partial charge is 0.244 e. The molecular weight excluding hydrogens is 332 g/mol. The van der Waals surface area contributed by atoms with Gasteiger partial charge in [0.2, 0.25) is 11.8 Å². The topological polar surface area (TPSA) is 90.5 Å². The van der Waals surface area contributed by atoms with Crippen molar-refractivity contribution in [2.45, 2.75) is 25.3 Å². The Morgan fingerprint density at radius 3 is 2.58 bits per heavy atom. The average molecular weight is 356 g/mol. The summed E-state index contributed by atoms with van der Waals surface area (Å²) in [7, 11) is 0. The summed E-state index contributed by atoms with van der Waals surface area (Å²) in [6, 6.07) is 7.42. The van der Waals surface area contributed by atoms with Gasteiger partial charge in [0.1, 0.15) is 0 Å². The minimum absolute atomic E-state index is 0.153. The molecule has 0 aromatic heterocycles. The van der Waals surface area contributed by atoms with Crippen LogP contribution in [0.3, 0.4) is 0 Å². The minimum Gasteiger partial charge on any atom is -0.372 e. The number of amides is 2. The minimum atomic E-state index is -1.27. The van der Waals surface area contributed by atoms with E-state index in [1.165, 1.54) is 12.8 Å². The molecule has 3 N–H and O–H groups in total. The standard InChI is InChI=1S/C19H24N4O3/c24-17-14-11-20-8-7-15(14)22-19(26)16(17)18(25)21-12-3-5-13(6-4-12)23-9-1-2-10-23/h3-6,14-16,20H,1-2,7-11H2,(H,21,25)(H,22,26). The lowest BCUT2D eigenvalue weighted by atomic mass is 9.79. The summed E-state index contributed by atoms with van der Waals surface area (Å²) in [4.78, 5) is 39.8. The van der Waals surface area contributed by atoms with Crippen LogP contribution in [0.4, 0.5) is 11.4 Å². The van der Waals surface area contributed by atoms with E-state index in [4.69, 9.17) is 0 Å².